The Hall–Kier alpha value is -1.92. The van der Waals surface area contributed by atoms with Crippen LogP contribution in [-0.2, 0) is 0 Å². The van der Waals surface area contributed by atoms with Gasteiger partial charge < -0.3 is 10.4 Å². The van der Waals surface area contributed by atoms with Crippen molar-refractivity contribution in [2.24, 2.45) is 0 Å². The molecule has 20 heavy (non-hydrogen) atoms. The van der Waals surface area contributed by atoms with Crippen LogP contribution in [0, 0.1) is 0 Å². The lowest BCUT2D eigenvalue weighted by molar-refractivity contribution is 0.0696. The number of nitrogens with zero attached hydrogens (tertiary/aromatic N) is 1. The van der Waals surface area contributed by atoms with Crippen molar-refractivity contribution in [3.8, 4) is 0 Å². The first-order chi connectivity index (χ1) is 9.47. The fourth-order valence-electron chi connectivity index (χ4n) is 1.53. The number of anilines is 1. The van der Waals surface area contributed by atoms with Gasteiger partial charge in [0.1, 0.15) is 0 Å². The predicted octanol–water partition coefficient (Wildman–Crippen LogP) is 3.45. The Balaban J connectivity index is 2.28. The Morgan fingerprint density at radius 1 is 1.30 bits per heavy atom. The normalized spacial score (nSPS) is 10.1. The maximum absolute atomic E-state index is 12.0. The standard InChI is InChI=1S/C13H8BrClN2O3/c14-8-3-7(13(19)20)4-9(5-8)17-12(18)10-6-16-2-1-11(10)15/h1-6H,(H,17,18)(H,19,20). The van der Waals surface area contributed by atoms with E-state index in [1.165, 1.54) is 30.6 Å². The molecule has 0 atom stereocenters. The molecule has 0 radical (unpaired) electrons. The third-order valence-corrected chi connectivity index (χ3v) is 3.20. The maximum Gasteiger partial charge on any atom is 0.335 e. The van der Waals surface area contributed by atoms with Gasteiger partial charge in [-0.3, -0.25) is 9.78 Å². The lowest BCUT2D eigenvalue weighted by atomic mass is 10.2. The molecular weight excluding hydrogens is 348 g/mol. The van der Waals surface area contributed by atoms with Gasteiger partial charge in [-0.2, -0.15) is 0 Å². The number of aromatic nitrogens is 1. The molecule has 5 nitrogen and oxygen atoms in total. The summed E-state index contributed by atoms with van der Waals surface area (Å²) in [5, 5.41) is 11.8. The van der Waals surface area contributed by atoms with Gasteiger partial charge in [0, 0.05) is 22.6 Å². The molecule has 2 N–H and O–H groups in total. The van der Waals surface area contributed by atoms with Crippen molar-refractivity contribution in [2.45, 2.75) is 0 Å². The molecule has 0 fully saturated rings. The fourth-order valence-corrected chi connectivity index (χ4v) is 2.21. The largest absolute Gasteiger partial charge is 0.478 e. The minimum Gasteiger partial charge on any atom is -0.478 e. The zero-order chi connectivity index (χ0) is 14.7. The molecule has 7 heteroatoms. The number of aromatic carboxylic acids is 1. The predicted molar refractivity (Wildman–Crippen MR) is 78.3 cm³/mol. The van der Waals surface area contributed by atoms with Gasteiger partial charge in [0.2, 0.25) is 0 Å². The van der Waals surface area contributed by atoms with Crippen LogP contribution in [0.25, 0.3) is 0 Å². The molecule has 0 saturated heterocycles. The monoisotopic (exact) mass is 354 g/mol. The van der Waals surface area contributed by atoms with Crippen LogP contribution >= 0.6 is 27.5 Å². The average molecular weight is 356 g/mol. The van der Waals surface area contributed by atoms with Crippen LogP contribution in [0.15, 0.2) is 41.1 Å². The van der Waals surface area contributed by atoms with E-state index in [1.54, 1.807) is 6.07 Å². The molecule has 2 aromatic rings. The number of benzene rings is 1. The van der Waals surface area contributed by atoms with E-state index in [2.05, 4.69) is 26.2 Å². The Labute approximate surface area is 127 Å². The number of pyridine rings is 1. The number of carboxylic acid groups (broad SMARTS) is 1. The summed E-state index contributed by atoms with van der Waals surface area (Å²) in [7, 11) is 0. The van der Waals surface area contributed by atoms with E-state index in [-0.39, 0.29) is 16.1 Å². The molecule has 0 aliphatic heterocycles. The van der Waals surface area contributed by atoms with Gasteiger partial charge in [0.25, 0.3) is 5.91 Å². The second-order valence-electron chi connectivity index (χ2n) is 3.84. The van der Waals surface area contributed by atoms with Crippen molar-refractivity contribution < 1.29 is 14.7 Å². The quantitative estimate of drug-likeness (QED) is 0.884. The van der Waals surface area contributed by atoms with Gasteiger partial charge in [0.15, 0.2) is 0 Å². The highest BCUT2D eigenvalue weighted by Gasteiger charge is 2.12. The number of carbonyl (C=O) groups excluding carboxylic acids is 1. The Bertz CT molecular complexity index is 691. The summed E-state index contributed by atoms with van der Waals surface area (Å²) >= 11 is 9.08. The smallest absolute Gasteiger partial charge is 0.335 e. The molecule has 1 aromatic carbocycles. The summed E-state index contributed by atoms with van der Waals surface area (Å²) in [4.78, 5) is 26.8. The molecule has 1 aromatic heterocycles. The molecule has 1 heterocycles. The van der Waals surface area contributed by atoms with Crippen molar-refractivity contribution in [3.05, 3.63) is 57.3 Å². The summed E-state index contributed by atoms with van der Waals surface area (Å²) in [6.45, 7) is 0. The zero-order valence-corrected chi connectivity index (χ0v) is 12.3. The summed E-state index contributed by atoms with van der Waals surface area (Å²) < 4.78 is 0.546. The van der Waals surface area contributed by atoms with E-state index < -0.39 is 11.9 Å². The molecule has 102 valence electrons. The second-order valence-corrected chi connectivity index (χ2v) is 5.17. The lowest BCUT2D eigenvalue weighted by Gasteiger charge is -2.08. The van der Waals surface area contributed by atoms with Crippen molar-refractivity contribution in [2.75, 3.05) is 5.32 Å². The molecule has 0 aliphatic carbocycles. The van der Waals surface area contributed by atoms with Gasteiger partial charge >= 0.3 is 5.97 Å². The highest BCUT2D eigenvalue weighted by Crippen LogP contribution is 2.21. The summed E-state index contributed by atoms with van der Waals surface area (Å²) in [5.74, 6) is -1.54. The van der Waals surface area contributed by atoms with Crippen LogP contribution in [0.3, 0.4) is 0 Å². The highest BCUT2D eigenvalue weighted by atomic mass is 79.9. The number of amides is 1. The topological polar surface area (TPSA) is 79.3 Å². The van der Waals surface area contributed by atoms with Crippen LogP contribution in [0.1, 0.15) is 20.7 Å². The molecule has 0 unspecified atom stereocenters. The van der Waals surface area contributed by atoms with E-state index in [4.69, 9.17) is 16.7 Å². The van der Waals surface area contributed by atoms with E-state index in [1.807, 2.05) is 0 Å². The Morgan fingerprint density at radius 3 is 2.70 bits per heavy atom. The van der Waals surface area contributed by atoms with E-state index in [0.29, 0.717) is 10.2 Å². The van der Waals surface area contributed by atoms with E-state index in [9.17, 15) is 9.59 Å². The summed E-state index contributed by atoms with van der Waals surface area (Å²) in [6.07, 6.45) is 2.81. The van der Waals surface area contributed by atoms with Gasteiger partial charge in [-0.25, -0.2) is 4.79 Å². The number of rotatable bonds is 3. The number of nitrogens with one attached hydrogen (secondary N) is 1. The lowest BCUT2D eigenvalue weighted by Crippen LogP contribution is -2.13. The molecule has 1 amide bonds. The molecule has 0 bridgehead atoms. The highest BCUT2D eigenvalue weighted by molar-refractivity contribution is 9.10. The number of hydrogen-bond donors (Lipinski definition) is 2. The molecular formula is C13H8BrClN2O3. The van der Waals surface area contributed by atoms with Crippen molar-refractivity contribution >= 4 is 45.1 Å². The first-order valence-corrected chi connectivity index (χ1v) is 6.59. The van der Waals surface area contributed by atoms with Gasteiger partial charge in [-0.15, -0.1) is 0 Å². The summed E-state index contributed by atoms with van der Waals surface area (Å²) in [6, 6.07) is 5.89. The third-order valence-electron chi connectivity index (χ3n) is 2.42. The van der Waals surface area contributed by atoms with Gasteiger partial charge in [0.05, 0.1) is 16.1 Å². The average Bonchev–Trinajstić information content (AvgIpc) is 2.38. The number of carbonyl (C=O) groups is 2. The first-order valence-electron chi connectivity index (χ1n) is 5.42. The van der Waals surface area contributed by atoms with Crippen molar-refractivity contribution in [3.63, 3.8) is 0 Å². The maximum atomic E-state index is 12.0. The Morgan fingerprint density at radius 2 is 2.05 bits per heavy atom. The number of carboxylic acids is 1. The number of hydrogen-bond acceptors (Lipinski definition) is 3. The number of halogens is 2. The van der Waals surface area contributed by atoms with E-state index >= 15 is 0 Å². The molecule has 2 rings (SSSR count). The van der Waals surface area contributed by atoms with Gasteiger partial charge in [-0.05, 0) is 24.3 Å². The van der Waals surface area contributed by atoms with Crippen molar-refractivity contribution in [1.82, 2.24) is 4.98 Å². The van der Waals surface area contributed by atoms with Crippen LogP contribution in [0.2, 0.25) is 5.02 Å². The first kappa shape index (κ1) is 14.5. The van der Waals surface area contributed by atoms with E-state index in [0.717, 1.165) is 0 Å². The summed E-state index contributed by atoms with van der Waals surface area (Å²) in [5.41, 5.74) is 0.625. The van der Waals surface area contributed by atoms with Gasteiger partial charge in [-0.1, -0.05) is 27.5 Å². The Kier molecular flexibility index (Phi) is 4.36. The SMILES string of the molecule is O=C(O)c1cc(Br)cc(NC(=O)c2cnccc2Cl)c1. The van der Waals surface area contributed by atoms with Crippen LogP contribution in [-0.4, -0.2) is 22.0 Å². The van der Waals surface area contributed by atoms with Crippen molar-refractivity contribution in [1.29, 1.82) is 0 Å². The minimum atomic E-state index is -1.08. The zero-order valence-electron chi connectivity index (χ0n) is 9.93. The fraction of sp³-hybridized carbons (Fsp3) is 0. The third kappa shape index (κ3) is 3.34. The second kappa shape index (κ2) is 6.02. The van der Waals surface area contributed by atoms with Crippen LogP contribution in [0.4, 0.5) is 5.69 Å². The molecule has 0 aliphatic rings. The minimum absolute atomic E-state index is 0.0620. The molecule has 0 spiro atoms. The van der Waals surface area contributed by atoms with Crippen LogP contribution < -0.4 is 5.32 Å². The molecule has 0 saturated carbocycles. The van der Waals surface area contributed by atoms with Crippen LogP contribution in [0.5, 0.6) is 0 Å².